The van der Waals surface area contributed by atoms with Gasteiger partial charge in [0.2, 0.25) is 15.9 Å². The first kappa shape index (κ1) is 19.9. The molecule has 1 saturated carbocycles. The van der Waals surface area contributed by atoms with Crippen LogP contribution in [-0.4, -0.2) is 53.3 Å². The summed E-state index contributed by atoms with van der Waals surface area (Å²) in [5.74, 6) is -0.0290. The van der Waals surface area contributed by atoms with Gasteiger partial charge in [-0.05, 0) is 31.0 Å². The molecule has 1 aromatic rings. The third kappa shape index (κ3) is 5.05. The summed E-state index contributed by atoms with van der Waals surface area (Å²) in [6.45, 7) is 1.46. The molecule has 0 aromatic heterocycles. The maximum absolute atomic E-state index is 12.5. The normalized spacial score (nSPS) is 20.4. The minimum Gasteiger partial charge on any atom is -0.495 e. The second kappa shape index (κ2) is 8.33. The third-order valence-corrected chi connectivity index (χ3v) is 5.40. The Morgan fingerprint density at radius 3 is 2.72 bits per heavy atom. The third-order valence-electron chi connectivity index (χ3n) is 3.86. The van der Waals surface area contributed by atoms with Crippen LogP contribution >= 0.6 is 12.4 Å². The topological polar surface area (TPSA) is 106 Å². The van der Waals surface area contributed by atoms with Gasteiger partial charge in [0.15, 0.2) is 0 Å². The molecule has 1 aromatic carbocycles. The summed E-state index contributed by atoms with van der Waals surface area (Å²) in [6, 6.07) is 4.08. The van der Waals surface area contributed by atoms with Crippen molar-refractivity contribution in [3.63, 3.8) is 0 Å². The summed E-state index contributed by atoms with van der Waals surface area (Å²) in [4.78, 5) is 12.2. The van der Waals surface area contributed by atoms with Crippen molar-refractivity contribution in [1.82, 2.24) is 10.0 Å². The molecule has 1 unspecified atom stereocenters. The van der Waals surface area contributed by atoms with Crippen LogP contribution in [0.1, 0.15) is 12.8 Å². The van der Waals surface area contributed by atoms with Crippen LogP contribution in [0, 0.1) is 0 Å². The number of rotatable bonds is 6. The zero-order chi connectivity index (χ0) is 17.2. The van der Waals surface area contributed by atoms with Gasteiger partial charge in [-0.1, -0.05) is 0 Å². The number of ether oxygens (including phenoxy) is 2. The van der Waals surface area contributed by atoms with Gasteiger partial charge in [0.05, 0.1) is 20.3 Å². The summed E-state index contributed by atoms with van der Waals surface area (Å²) in [6.07, 6.45) is 1.68. The van der Waals surface area contributed by atoms with E-state index in [4.69, 9.17) is 9.47 Å². The van der Waals surface area contributed by atoms with E-state index in [1.54, 1.807) is 6.07 Å². The Morgan fingerprint density at radius 1 is 1.36 bits per heavy atom. The average molecular weight is 392 g/mol. The van der Waals surface area contributed by atoms with Crippen LogP contribution in [0.2, 0.25) is 0 Å². The first-order valence-electron chi connectivity index (χ1n) is 7.82. The van der Waals surface area contributed by atoms with E-state index >= 15 is 0 Å². The van der Waals surface area contributed by atoms with Crippen LogP contribution in [0.3, 0.4) is 0 Å². The van der Waals surface area contributed by atoms with E-state index in [0.29, 0.717) is 18.8 Å². The van der Waals surface area contributed by atoms with Crippen molar-refractivity contribution in [3.8, 4) is 5.75 Å². The van der Waals surface area contributed by atoms with Crippen molar-refractivity contribution >= 4 is 34.0 Å². The first-order chi connectivity index (χ1) is 11.5. The van der Waals surface area contributed by atoms with Crippen molar-refractivity contribution in [1.29, 1.82) is 0 Å². The van der Waals surface area contributed by atoms with Crippen molar-refractivity contribution < 1.29 is 22.7 Å². The highest BCUT2D eigenvalue weighted by Crippen LogP contribution is 2.29. The smallest absolute Gasteiger partial charge is 0.244 e. The van der Waals surface area contributed by atoms with Crippen LogP contribution in [-0.2, 0) is 19.6 Å². The molecule has 8 nitrogen and oxygen atoms in total. The van der Waals surface area contributed by atoms with E-state index in [0.717, 1.165) is 12.8 Å². The Morgan fingerprint density at radius 2 is 2.12 bits per heavy atom. The fraction of sp³-hybridized carbons (Fsp3) is 0.533. The zero-order valence-corrected chi connectivity index (χ0v) is 15.4. The Hall–Kier alpha value is -1.39. The van der Waals surface area contributed by atoms with Crippen molar-refractivity contribution in [2.45, 2.75) is 29.8 Å². The lowest BCUT2D eigenvalue weighted by atomic mass is 10.2. The lowest BCUT2D eigenvalue weighted by Crippen LogP contribution is -2.48. The second-order valence-corrected chi connectivity index (χ2v) is 7.51. The average Bonchev–Trinajstić information content (AvgIpc) is 3.39. The van der Waals surface area contributed by atoms with Crippen molar-refractivity contribution in [2.24, 2.45) is 0 Å². The number of morpholine rings is 1. The summed E-state index contributed by atoms with van der Waals surface area (Å²) in [5.41, 5.74) is 0.393. The molecule has 2 aliphatic rings. The lowest BCUT2D eigenvalue weighted by Gasteiger charge is -2.23. The van der Waals surface area contributed by atoms with E-state index in [9.17, 15) is 13.2 Å². The van der Waals surface area contributed by atoms with Gasteiger partial charge in [-0.2, -0.15) is 0 Å². The molecule has 0 bridgehead atoms. The fourth-order valence-corrected chi connectivity index (χ4v) is 3.91. The van der Waals surface area contributed by atoms with Gasteiger partial charge in [0.25, 0.3) is 0 Å². The SMILES string of the molecule is COc1ccc(NC(=O)C2COCCN2)cc1S(=O)(=O)NC1CC1.Cl. The fourth-order valence-electron chi connectivity index (χ4n) is 2.41. The van der Waals surface area contributed by atoms with Crippen LogP contribution in [0.25, 0.3) is 0 Å². The second-order valence-electron chi connectivity index (χ2n) is 5.83. The van der Waals surface area contributed by atoms with Gasteiger partial charge in [-0.3, -0.25) is 4.79 Å². The molecule has 2 fully saturated rings. The number of sulfonamides is 1. The maximum Gasteiger partial charge on any atom is 0.244 e. The molecule has 0 spiro atoms. The molecule has 1 amide bonds. The van der Waals surface area contributed by atoms with Gasteiger partial charge < -0.3 is 20.1 Å². The summed E-state index contributed by atoms with van der Waals surface area (Å²) >= 11 is 0. The molecular formula is C15H22ClN3O5S. The predicted octanol–water partition coefficient (Wildman–Crippen LogP) is 0.485. The summed E-state index contributed by atoms with van der Waals surface area (Å²) in [7, 11) is -2.28. The number of halogens is 1. The van der Waals surface area contributed by atoms with Gasteiger partial charge >= 0.3 is 0 Å². The maximum atomic E-state index is 12.5. The first-order valence-corrected chi connectivity index (χ1v) is 9.30. The number of hydrogen-bond donors (Lipinski definition) is 3. The lowest BCUT2D eigenvalue weighted by molar-refractivity contribution is -0.120. The summed E-state index contributed by atoms with van der Waals surface area (Å²) < 4.78 is 37.9. The summed E-state index contributed by atoms with van der Waals surface area (Å²) in [5, 5.41) is 5.76. The van der Waals surface area contributed by atoms with E-state index in [-0.39, 0.29) is 41.6 Å². The molecule has 1 heterocycles. The van der Waals surface area contributed by atoms with Gasteiger partial charge in [0, 0.05) is 18.3 Å². The molecular weight excluding hydrogens is 370 g/mol. The number of amides is 1. The number of carbonyl (C=O) groups is 1. The highest BCUT2D eigenvalue weighted by molar-refractivity contribution is 7.89. The van der Waals surface area contributed by atoms with E-state index in [1.807, 2.05) is 0 Å². The van der Waals surface area contributed by atoms with Gasteiger partial charge in [-0.25, -0.2) is 13.1 Å². The van der Waals surface area contributed by atoms with E-state index in [2.05, 4.69) is 15.4 Å². The monoisotopic (exact) mass is 391 g/mol. The molecule has 3 N–H and O–H groups in total. The molecule has 1 saturated heterocycles. The Bertz CT molecular complexity index is 718. The largest absolute Gasteiger partial charge is 0.495 e. The Labute approximate surface area is 153 Å². The number of nitrogens with one attached hydrogen (secondary N) is 3. The molecule has 0 radical (unpaired) electrons. The van der Waals surface area contributed by atoms with Gasteiger partial charge in [0.1, 0.15) is 16.7 Å². The number of carbonyl (C=O) groups excluding carboxylic acids is 1. The van der Waals surface area contributed by atoms with E-state index < -0.39 is 16.1 Å². The number of benzene rings is 1. The molecule has 25 heavy (non-hydrogen) atoms. The number of anilines is 1. The van der Waals surface area contributed by atoms with Crippen molar-refractivity contribution in [3.05, 3.63) is 18.2 Å². The van der Waals surface area contributed by atoms with Crippen LogP contribution in [0.4, 0.5) is 5.69 Å². The van der Waals surface area contributed by atoms with Crippen LogP contribution in [0.15, 0.2) is 23.1 Å². The minimum absolute atomic E-state index is 0. The molecule has 1 aliphatic heterocycles. The number of methoxy groups -OCH3 is 1. The van der Waals surface area contributed by atoms with Crippen LogP contribution < -0.4 is 20.1 Å². The molecule has 10 heteroatoms. The molecule has 3 rings (SSSR count). The number of hydrogen-bond acceptors (Lipinski definition) is 6. The van der Waals surface area contributed by atoms with Gasteiger partial charge in [-0.15, -0.1) is 12.4 Å². The van der Waals surface area contributed by atoms with E-state index in [1.165, 1.54) is 19.2 Å². The molecule has 1 atom stereocenters. The quantitative estimate of drug-likeness (QED) is 0.651. The zero-order valence-electron chi connectivity index (χ0n) is 13.8. The Balaban J connectivity index is 0.00000225. The molecule has 140 valence electrons. The minimum atomic E-state index is -3.69. The molecule has 1 aliphatic carbocycles. The standard InChI is InChI=1S/C15H21N3O5S.ClH/c1-22-13-5-4-11(17-15(19)12-9-23-7-6-16-12)8-14(13)24(20,21)18-10-2-3-10;/h4-5,8,10,12,16,18H,2-3,6-7,9H2,1H3,(H,17,19);1H. The highest BCUT2D eigenvalue weighted by Gasteiger charge is 2.30. The van der Waals surface area contributed by atoms with Crippen LogP contribution in [0.5, 0.6) is 5.75 Å². The van der Waals surface area contributed by atoms with Crippen molar-refractivity contribution in [2.75, 3.05) is 32.2 Å². The predicted molar refractivity (Wildman–Crippen MR) is 94.8 cm³/mol. The highest BCUT2D eigenvalue weighted by atomic mass is 35.5. The Kier molecular flexibility index (Phi) is 6.64.